The lowest BCUT2D eigenvalue weighted by Crippen LogP contribution is -2.15. The number of benzene rings is 2. The van der Waals surface area contributed by atoms with Gasteiger partial charge in [0, 0.05) is 5.69 Å². The van der Waals surface area contributed by atoms with Crippen LogP contribution in [-0.2, 0) is 17.4 Å². The van der Waals surface area contributed by atoms with Gasteiger partial charge in [0.25, 0.3) is 0 Å². The second kappa shape index (κ2) is 5.88. The smallest absolute Gasteiger partial charge is 0.326 e. The number of rotatable bonds is 3. The molecule has 2 aromatic carbocycles. The van der Waals surface area contributed by atoms with Gasteiger partial charge in [0.1, 0.15) is 0 Å². The number of nitrogens with one attached hydrogen (secondary N) is 3. The fraction of sp³-hybridized carbons (Fsp3) is 0.125. The minimum Gasteiger partial charge on any atom is -0.326 e. The maximum Gasteiger partial charge on any atom is 0.416 e. The molecule has 1 heterocycles. The molecule has 0 aliphatic rings. The lowest BCUT2D eigenvalue weighted by atomic mass is 10.1. The first kappa shape index (κ1) is 15.9. The van der Waals surface area contributed by atoms with E-state index in [2.05, 4.69) is 15.3 Å². The van der Waals surface area contributed by atoms with E-state index in [4.69, 9.17) is 0 Å². The Hall–Kier alpha value is -3.03. The summed E-state index contributed by atoms with van der Waals surface area (Å²) < 4.78 is 38.0. The van der Waals surface area contributed by atoms with Gasteiger partial charge in [0.05, 0.1) is 23.0 Å². The zero-order valence-corrected chi connectivity index (χ0v) is 12.2. The fourth-order valence-corrected chi connectivity index (χ4v) is 2.35. The summed E-state index contributed by atoms with van der Waals surface area (Å²) in [5.74, 6) is -0.452. The molecule has 0 aliphatic heterocycles. The zero-order chi connectivity index (χ0) is 17.3. The van der Waals surface area contributed by atoms with E-state index in [1.54, 1.807) is 18.2 Å². The number of alkyl halides is 3. The molecule has 0 spiro atoms. The van der Waals surface area contributed by atoms with Crippen LogP contribution < -0.4 is 11.0 Å². The first-order chi connectivity index (χ1) is 11.3. The Labute approximate surface area is 133 Å². The summed E-state index contributed by atoms with van der Waals surface area (Å²) >= 11 is 0. The maximum absolute atomic E-state index is 12.7. The molecular weight excluding hydrogens is 323 g/mol. The number of H-pyrrole nitrogens is 2. The van der Waals surface area contributed by atoms with Crippen molar-refractivity contribution in [3.05, 3.63) is 64.1 Å². The van der Waals surface area contributed by atoms with E-state index >= 15 is 0 Å². The van der Waals surface area contributed by atoms with Gasteiger partial charge in [-0.3, -0.25) is 4.79 Å². The monoisotopic (exact) mass is 335 g/mol. The van der Waals surface area contributed by atoms with Crippen LogP contribution in [0.5, 0.6) is 0 Å². The van der Waals surface area contributed by atoms with Crippen molar-refractivity contribution in [2.45, 2.75) is 12.6 Å². The van der Waals surface area contributed by atoms with Crippen molar-refractivity contribution < 1.29 is 18.0 Å². The van der Waals surface area contributed by atoms with Gasteiger partial charge in [-0.05, 0) is 35.9 Å². The van der Waals surface area contributed by atoms with Crippen molar-refractivity contribution in [1.29, 1.82) is 0 Å². The van der Waals surface area contributed by atoms with E-state index in [1.807, 2.05) is 0 Å². The van der Waals surface area contributed by atoms with Gasteiger partial charge < -0.3 is 15.3 Å². The molecule has 124 valence electrons. The second-order valence-corrected chi connectivity index (χ2v) is 5.26. The third kappa shape index (κ3) is 3.48. The lowest BCUT2D eigenvalue weighted by Gasteiger charge is -2.10. The highest BCUT2D eigenvalue weighted by Gasteiger charge is 2.30. The van der Waals surface area contributed by atoms with Gasteiger partial charge in [0.15, 0.2) is 0 Å². The minimum atomic E-state index is -4.47. The molecule has 0 aliphatic carbocycles. The van der Waals surface area contributed by atoms with E-state index < -0.39 is 17.6 Å². The van der Waals surface area contributed by atoms with E-state index in [0.717, 1.165) is 12.1 Å². The standard InChI is InChI=1S/C16H12F3N3O2/c17-16(18,19)10-2-1-3-11(8-10)20-14(23)7-9-4-5-12-13(6-9)22-15(24)21-12/h1-6,8H,7H2,(H,20,23)(H2,21,22,24). The number of aromatic nitrogens is 2. The number of carbonyl (C=O) groups is 1. The number of aromatic amines is 2. The SMILES string of the molecule is O=C(Cc1ccc2[nH]c(=O)[nH]c2c1)Nc1cccc(C(F)(F)F)c1. The summed E-state index contributed by atoms with van der Waals surface area (Å²) in [7, 11) is 0. The molecule has 0 saturated carbocycles. The summed E-state index contributed by atoms with van der Waals surface area (Å²) in [6, 6.07) is 9.39. The number of halogens is 3. The van der Waals surface area contributed by atoms with Gasteiger partial charge in [-0.15, -0.1) is 0 Å². The molecule has 8 heteroatoms. The number of carbonyl (C=O) groups excluding carboxylic acids is 1. The van der Waals surface area contributed by atoms with Crippen LogP contribution in [0.1, 0.15) is 11.1 Å². The molecule has 0 fully saturated rings. The van der Waals surface area contributed by atoms with Crippen LogP contribution in [0.3, 0.4) is 0 Å². The highest BCUT2D eigenvalue weighted by molar-refractivity contribution is 5.92. The Morgan fingerprint density at radius 2 is 1.79 bits per heavy atom. The average molecular weight is 335 g/mol. The van der Waals surface area contributed by atoms with E-state index in [0.29, 0.717) is 16.6 Å². The van der Waals surface area contributed by atoms with Gasteiger partial charge in [-0.1, -0.05) is 12.1 Å². The Kier molecular flexibility index (Phi) is 3.88. The predicted octanol–water partition coefficient (Wildman–Crippen LogP) is 3.06. The van der Waals surface area contributed by atoms with E-state index in [9.17, 15) is 22.8 Å². The molecule has 3 aromatic rings. The van der Waals surface area contributed by atoms with Crippen LogP contribution in [0.25, 0.3) is 11.0 Å². The largest absolute Gasteiger partial charge is 0.416 e. The molecule has 3 rings (SSSR count). The normalized spacial score (nSPS) is 11.6. The Bertz CT molecular complexity index is 957. The summed E-state index contributed by atoms with van der Waals surface area (Å²) in [5.41, 5.74) is 0.696. The van der Waals surface area contributed by atoms with E-state index in [-0.39, 0.29) is 17.8 Å². The van der Waals surface area contributed by atoms with Crippen LogP contribution in [0.4, 0.5) is 18.9 Å². The summed E-state index contributed by atoms with van der Waals surface area (Å²) in [6.07, 6.45) is -4.49. The van der Waals surface area contributed by atoms with Gasteiger partial charge in [-0.25, -0.2) is 4.79 Å². The molecule has 1 aromatic heterocycles. The van der Waals surface area contributed by atoms with Crippen molar-refractivity contribution in [3.8, 4) is 0 Å². The maximum atomic E-state index is 12.7. The molecule has 0 saturated heterocycles. The Morgan fingerprint density at radius 3 is 2.54 bits per heavy atom. The van der Waals surface area contributed by atoms with Crippen LogP contribution >= 0.6 is 0 Å². The number of fused-ring (bicyclic) bond motifs is 1. The number of hydrogen-bond acceptors (Lipinski definition) is 2. The highest BCUT2D eigenvalue weighted by Crippen LogP contribution is 2.30. The van der Waals surface area contributed by atoms with E-state index in [1.165, 1.54) is 12.1 Å². The molecule has 3 N–H and O–H groups in total. The quantitative estimate of drug-likeness (QED) is 0.688. The summed E-state index contributed by atoms with van der Waals surface area (Å²) in [5, 5.41) is 2.44. The first-order valence-corrected chi connectivity index (χ1v) is 6.99. The molecule has 0 atom stereocenters. The average Bonchev–Trinajstić information content (AvgIpc) is 2.86. The van der Waals surface area contributed by atoms with Crippen molar-refractivity contribution >= 4 is 22.6 Å². The summed E-state index contributed by atoms with van der Waals surface area (Å²) in [4.78, 5) is 28.4. The predicted molar refractivity (Wildman–Crippen MR) is 82.7 cm³/mol. The number of anilines is 1. The third-order valence-electron chi connectivity index (χ3n) is 3.42. The lowest BCUT2D eigenvalue weighted by molar-refractivity contribution is -0.137. The molecule has 0 radical (unpaired) electrons. The molecular formula is C16H12F3N3O2. The van der Waals surface area contributed by atoms with Crippen molar-refractivity contribution in [2.24, 2.45) is 0 Å². The van der Waals surface area contributed by atoms with Crippen LogP contribution in [0.2, 0.25) is 0 Å². The van der Waals surface area contributed by atoms with Crippen LogP contribution in [0, 0.1) is 0 Å². The first-order valence-electron chi connectivity index (χ1n) is 6.99. The number of amides is 1. The molecule has 5 nitrogen and oxygen atoms in total. The molecule has 1 amide bonds. The van der Waals surface area contributed by atoms with Gasteiger partial charge in [0.2, 0.25) is 5.91 Å². The van der Waals surface area contributed by atoms with Crippen LogP contribution in [-0.4, -0.2) is 15.9 Å². The third-order valence-corrected chi connectivity index (χ3v) is 3.42. The molecule has 0 bridgehead atoms. The Balaban J connectivity index is 1.74. The molecule has 0 unspecified atom stereocenters. The highest BCUT2D eigenvalue weighted by atomic mass is 19.4. The van der Waals surface area contributed by atoms with Crippen molar-refractivity contribution in [1.82, 2.24) is 9.97 Å². The minimum absolute atomic E-state index is 0.0284. The molecule has 24 heavy (non-hydrogen) atoms. The van der Waals surface area contributed by atoms with Gasteiger partial charge >= 0.3 is 11.9 Å². The van der Waals surface area contributed by atoms with Crippen molar-refractivity contribution in [3.63, 3.8) is 0 Å². The van der Waals surface area contributed by atoms with Gasteiger partial charge in [-0.2, -0.15) is 13.2 Å². The number of imidazole rings is 1. The second-order valence-electron chi connectivity index (χ2n) is 5.26. The van der Waals surface area contributed by atoms with Crippen molar-refractivity contribution in [2.75, 3.05) is 5.32 Å². The Morgan fingerprint density at radius 1 is 1.04 bits per heavy atom. The summed E-state index contributed by atoms with van der Waals surface area (Å²) in [6.45, 7) is 0. The topological polar surface area (TPSA) is 77.8 Å². The zero-order valence-electron chi connectivity index (χ0n) is 12.2. The van der Waals surface area contributed by atoms with Crippen LogP contribution in [0.15, 0.2) is 47.3 Å². The fourth-order valence-electron chi connectivity index (χ4n) is 2.35. The number of hydrogen-bond donors (Lipinski definition) is 3.